The predicted octanol–water partition coefficient (Wildman–Crippen LogP) is 1.57. The van der Waals surface area contributed by atoms with Crippen molar-refractivity contribution in [3.8, 4) is 0 Å². The molecule has 0 N–H and O–H groups in total. The van der Waals surface area contributed by atoms with E-state index >= 15 is 0 Å². The molecule has 2 nitrogen and oxygen atoms in total. The molecule has 1 heterocycles. The lowest BCUT2D eigenvalue weighted by atomic mass is 10.3. The molecule has 0 fully saturated rings. The second-order valence-corrected chi connectivity index (χ2v) is 2.91. The molecule has 0 saturated heterocycles. The van der Waals surface area contributed by atoms with Gasteiger partial charge in [0, 0.05) is 19.1 Å². The normalized spacial score (nSPS) is 9.64. The highest BCUT2D eigenvalue weighted by Crippen LogP contribution is 1.94. The van der Waals surface area contributed by atoms with Gasteiger partial charge in [0.05, 0.1) is 0 Å². The number of halogens is 1. The number of ketones is 1. The summed E-state index contributed by atoms with van der Waals surface area (Å²) in [5.74, 6) is 0.113. The molecule has 0 atom stereocenters. The Hall–Kier alpha value is -0.450. The van der Waals surface area contributed by atoms with Gasteiger partial charge in [0.1, 0.15) is 0 Å². The standard InChI is InChI=1S/C8H9INO/c1-7(11)8-4-2-3-5-10(8)6-9/h2-5H,6H2,1H3/q+1. The van der Waals surface area contributed by atoms with Crippen LogP contribution in [-0.2, 0) is 4.55 Å². The molecule has 0 spiro atoms. The van der Waals surface area contributed by atoms with Crippen molar-refractivity contribution in [3.05, 3.63) is 30.1 Å². The average Bonchev–Trinajstić information content (AvgIpc) is 2.04. The molecule has 11 heavy (non-hydrogen) atoms. The summed E-state index contributed by atoms with van der Waals surface area (Å²) < 4.78 is 2.73. The molecule has 1 aromatic heterocycles. The molecule has 0 bridgehead atoms. The van der Waals surface area contributed by atoms with Crippen molar-refractivity contribution in [1.29, 1.82) is 0 Å². The van der Waals surface area contributed by atoms with Crippen molar-refractivity contribution < 1.29 is 9.36 Å². The Balaban J connectivity index is 3.12. The topological polar surface area (TPSA) is 20.9 Å². The van der Waals surface area contributed by atoms with Gasteiger partial charge in [-0.25, -0.2) is 0 Å². The SMILES string of the molecule is CC(=O)c1cccc[n+]1CI. The van der Waals surface area contributed by atoms with Crippen LogP contribution in [0.3, 0.4) is 0 Å². The summed E-state index contributed by atoms with van der Waals surface area (Å²) in [5.41, 5.74) is 0.766. The second-order valence-electron chi connectivity index (χ2n) is 2.23. The molecule has 0 aliphatic heterocycles. The number of rotatable bonds is 2. The first-order chi connectivity index (χ1) is 5.25. The minimum Gasteiger partial charge on any atom is -0.288 e. The maximum atomic E-state index is 11.0. The molecular formula is C8H9INO+. The van der Waals surface area contributed by atoms with Gasteiger partial charge in [0.2, 0.25) is 11.5 Å². The molecular weight excluding hydrogens is 253 g/mol. The highest BCUT2D eigenvalue weighted by atomic mass is 127. The highest BCUT2D eigenvalue weighted by molar-refractivity contribution is 14.1. The fourth-order valence-corrected chi connectivity index (χ4v) is 1.50. The van der Waals surface area contributed by atoms with Crippen LogP contribution in [0.1, 0.15) is 17.4 Å². The van der Waals surface area contributed by atoms with Gasteiger partial charge in [-0.1, -0.05) is 0 Å². The molecule has 0 aliphatic rings. The third kappa shape index (κ3) is 1.99. The van der Waals surface area contributed by atoms with Gasteiger partial charge in [-0.15, -0.1) is 0 Å². The maximum absolute atomic E-state index is 11.0. The van der Waals surface area contributed by atoms with Crippen LogP contribution >= 0.6 is 22.6 Å². The van der Waals surface area contributed by atoms with Crippen molar-refractivity contribution in [1.82, 2.24) is 0 Å². The average molecular weight is 262 g/mol. The zero-order chi connectivity index (χ0) is 8.27. The molecule has 0 aromatic carbocycles. The summed E-state index contributed by atoms with van der Waals surface area (Å²) in [5, 5.41) is 0. The number of carbonyl (C=O) groups is 1. The van der Waals surface area contributed by atoms with Crippen LogP contribution in [0.2, 0.25) is 0 Å². The summed E-state index contributed by atoms with van der Waals surface area (Å²) in [6.45, 7) is 1.58. The third-order valence-corrected chi connectivity index (χ3v) is 2.17. The van der Waals surface area contributed by atoms with E-state index in [9.17, 15) is 4.79 Å². The van der Waals surface area contributed by atoms with E-state index < -0.39 is 0 Å². The molecule has 0 radical (unpaired) electrons. The monoisotopic (exact) mass is 262 g/mol. The lowest BCUT2D eigenvalue weighted by Gasteiger charge is -1.94. The smallest absolute Gasteiger partial charge is 0.248 e. The van der Waals surface area contributed by atoms with Gasteiger partial charge < -0.3 is 0 Å². The highest BCUT2D eigenvalue weighted by Gasteiger charge is 2.11. The number of nitrogens with zero attached hydrogens (tertiary/aromatic N) is 1. The minimum absolute atomic E-state index is 0.113. The van der Waals surface area contributed by atoms with E-state index in [-0.39, 0.29) is 5.78 Å². The zero-order valence-electron chi connectivity index (χ0n) is 6.25. The minimum atomic E-state index is 0.113. The summed E-state index contributed by atoms with van der Waals surface area (Å²) in [6, 6.07) is 5.63. The summed E-state index contributed by atoms with van der Waals surface area (Å²) in [4.78, 5) is 11.0. The van der Waals surface area contributed by atoms with E-state index in [2.05, 4.69) is 22.6 Å². The number of carbonyl (C=O) groups excluding carboxylic acids is 1. The number of alkyl halides is 1. The van der Waals surface area contributed by atoms with Crippen LogP contribution in [0.4, 0.5) is 0 Å². The number of hydrogen-bond donors (Lipinski definition) is 0. The van der Waals surface area contributed by atoms with Gasteiger partial charge in [-0.05, 0) is 28.7 Å². The Kier molecular flexibility index (Phi) is 2.99. The van der Waals surface area contributed by atoms with Crippen LogP contribution in [0, 0.1) is 0 Å². The molecule has 1 rings (SSSR count). The first-order valence-corrected chi connectivity index (χ1v) is 4.83. The molecule has 0 aliphatic carbocycles. The molecule has 1 aromatic rings. The number of Topliss-reactive ketones (excluding diaryl/α,β-unsaturated/α-hetero) is 1. The lowest BCUT2D eigenvalue weighted by Crippen LogP contribution is -2.37. The van der Waals surface area contributed by atoms with Crippen molar-refractivity contribution >= 4 is 28.4 Å². The first kappa shape index (κ1) is 8.64. The number of aromatic nitrogens is 1. The van der Waals surface area contributed by atoms with Gasteiger partial charge in [-0.2, -0.15) is 4.57 Å². The van der Waals surface area contributed by atoms with Crippen LogP contribution in [0.25, 0.3) is 0 Å². The summed E-state index contributed by atoms with van der Waals surface area (Å²) in [7, 11) is 0. The molecule has 0 amide bonds. The molecule has 0 unspecified atom stereocenters. The Morgan fingerprint density at radius 2 is 2.36 bits per heavy atom. The van der Waals surface area contributed by atoms with Gasteiger partial charge >= 0.3 is 0 Å². The van der Waals surface area contributed by atoms with Crippen molar-refractivity contribution in [2.45, 2.75) is 11.5 Å². The molecule has 0 saturated carbocycles. The predicted molar refractivity (Wildman–Crippen MR) is 50.7 cm³/mol. The van der Waals surface area contributed by atoms with Crippen LogP contribution < -0.4 is 4.57 Å². The fourth-order valence-electron chi connectivity index (χ4n) is 0.900. The van der Waals surface area contributed by atoms with E-state index in [1.807, 2.05) is 29.0 Å². The van der Waals surface area contributed by atoms with Gasteiger partial charge in [-0.3, -0.25) is 4.79 Å². The van der Waals surface area contributed by atoms with Crippen LogP contribution in [0.15, 0.2) is 24.4 Å². The fraction of sp³-hybridized carbons (Fsp3) is 0.250. The number of pyridine rings is 1. The van der Waals surface area contributed by atoms with E-state index in [1.54, 1.807) is 6.92 Å². The van der Waals surface area contributed by atoms with E-state index in [0.29, 0.717) is 0 Å². The van der Waals surface area contributed by atoms with Crippen molar-refractivity contribution in [3.63, 3.8) is 0 Å². The molecule has 3 heteroatoms. The van der Waals surface area contributed by atoms with Crippen molar-refractivity contribution in [2.75, 3.05) is 0 Å². The Morgan fingerprint density at radius 1 is 1.64 bits per heavy atom. The molecule has 58 valence electrons. The van der Waals surface area contributed by atoms with E-state index in [0.717, 1.165) is 10.2 Å². The number of hydrogen-bond acceptors (Lipinski definition) is 1. The Bertz CT molecular complexity index is 273. The van der Waals surface area contributed by atoms with Crippen molar-refractivity contribution in [2.24, 2.45) is 0 Å². The lowest BCUT2D eigenvalue weighted by molar-refractivity contribution is -0.672. The Morgan fingerprint density at radius 3 is 2.82 bits per heavy atom. The largest absolute Gasteiger partial charge is 0.288 e. The van der Waals surface area contributed by atoms with Crippen LogP contribution in [0.5, 0.6) is 0 Å². The third-order valence-electron chi connectivity index (χ3n) is 1.43. The first-order valence-electron chi connectivity index (χ1n) is 3.31. The maximum Gasteiger partial charge on any atom is 0.248 e. The quantitative estimate of drug-likeness (QED) is 0.343. The zero-order valence-corrected chi connectivity index (χ0v) is 8.41. The summed E-state index contributed by atoms with van der Waals surface area (Å²) >= 11 is 2.22. The van der Waals surface area contributed by atoms with Gasteiger partial charge in [0.25, 0.3) is 0 Å². The van der Waals surface area contributed by atoms with E-state index in [4.69, 9.17) is 0 Å². The van der Waals surface area contributed by atoms with Gasteiger partial charge in [0.15, 0.2) is 10.7 Å². The second kappa shape index (κ2) is 3.80. The Labute approximate surface area is 79.4 Å². The summed E-state index contributed by atoms with van der Waals surface area (Å²) in [6.07, 6.45) is 1.91. The van der Waals surface area contributed by atoms with E-state index in [1.165, 1.54) is 0 Å². The van der Waals surface area contributed by atoms with Crippen LogP contribution in [-0.4, -0.2) is 5.78 Å².